The lowest BCUT2D eigenvalue weighted by Crippen LogP contribution is -2.40. The second-order valence-electron chi connectivity index (χ2n) is 6.91. The van der Waals surface area contributed by atoms with E-state index in [0.29, 0.717) is 0 Å². The largest absolute Gasteiger partial charge is 0.673 e. The van der Waals surface area contributed by atoms with Gasteiger partial charge in [0.05, 0.1) is 24.2 Å². The van der Waals surface area contributed by atoms with E-state index < -0.39 is 7.25 Å². The van der Waals surface area contributed by atoms with Gasteiger partial charge >= 0.3 is 7.25 Å². The van der Waals surface area contributed by atoms with E-state index in [9.17, 15) is 17.3 Å². The van der Waals surface area contributed by atoms with Crippen LogP contribution < -0.4 is 0 Å². The highest BCUT2D eigenvalue weighted by Gasteiger charge is 2.38. The first-order chi connectivity index (χ1) is 11.2. The number of hydrogen-bond donors (Lipinski definition) is 0. The summed E-state index contributed by atoms with van der Waals surface area (Å²) in [5.41, 5.74) is 0. The standard InChI is InChI=1S/C17H33N2.BF4/c1-5-14-9-10-15(6-2)18(14)13-19-16(7-3)11-12-17(19)8-4;2-1(3,4)5/h13-17H,5-12H2,1-4H3;/q+1;-1/t14-,15-,16-,17-;/m1./s1. The van der Waals surface area contributed by atoms with Gasteiger partial charge in [0.15, 0.2) is 0 Å². The van der Waals surface area contributed by atoms with Crippen molar-refractivity contribution in [1.29, 1.82) is 0 Å². The average molecular weight is 352 g/mol. The minimum Gasteiger partial charge on any atom is -0.418 e. The number of halogens is 4. The van der Waals surface area contributed by atoms with Crippen molar-refractivity contribution in [2.24, 2.45) is 0 Å². The molecule has 2 aliphatic heterocycles. The van der Waals surface area contributed by atoms with Gasteiger partial charge in [0.25, 0.3) is 0 Å². The van der Waals surface area contributed by atoms with E-state index in [-0.39, 0.29) is 0 Å². The summed E-state index contributed by atoms with van der Waals surface area (Å²) in [5, 5.41) is 0. The van der Waals surface area contributed by atoms with Gasteiger partial charge in [-0.3, -0.25) is 9.48 Å². The van der Waals surface area contributed by atoms with Crippen molar-refractivity contribution < 1.29 is 21.8 Å². The molecule has 0 aromatic carbocycles. The van der Waals surface area contributed by atoms with Crippen LogP contribution in [0.5, 0.6) is 0 Å². The quantitative estimate of drug-likeness (QED) is 0.280. The maximum atomic E-state index is 9.75. The zero-order chi connectivity index (χ0) is 18.3. The second kappa shape index (κ2) is 9.66. The minimum absolute atomic E-state index is 0.792. The van der Waals surface area contributed by atoms with Gasteiger partial charge in [-0.1, -0.05) is 27.7 Å². The second-order valence-corrected chi connectivity index (χ2v) is 6.91. The lowest BCUT2D eigenvalue weighted by molar-refractivity contribution is -0.579. The lowest BCUT2D eigenvalue weighted by Gasteiger charge is -2.24. The Morgan fingerprint density at radius 3 is 1.46 bits per heavy atom. The summed E-state index contributed by atoms with van der Waals surface area (Å²) < 4.78 is 41.7. The molecule has 2 saturated heterocycles. The maximum Gasteiger partial charge on any atom is 0.673 e. The van der Waals surface area contributed by atoms with Crippen molar-refractivity contribution in [2.75, 3.05) is 0 Å². The lowest BCUT2D eigenvalue weighted by atomic mass is 10.1. The van der Waals surface area contributed by atoms with Crippen molar-refractivity contribution in [3.05, 3.63) is 0 Å². The monoisotopic (exact) mass is 352 g/mol. The van der Waals surface area contributed by atoms with Crippen LogP contribution in [0.2, 0.25) is 0 Å². The molecular weight excluding hydrogens is 319 g/mol. The van der Waals surface area contributed by atoms with Crippen LogP contribution in [-0.4, -0.2) is 47.2 Å². The van der Waals surface area contributed by atoms with Gasteiger partial charge in [-0.15, -0.1) is 0 Å². The molecule has 7 heteroatoms. The van der Waals surface area contributed by atoms with Gasteiger partial charge in [-0.05, 0) is 51.4 Å². The van der Waals surface area contributed by atoms with Crippen LogP contribution in [0.3, 0.4) is 0 Å². The van der Waals surface area contributed by atoms with Crippen LogP contribution in [0.1, 0.15) is 79.1 Å². The Morgan fingerprint density at radius 2 is 1.17 bits per heavy atom. The SMILES string of the molecule is CC[C@@H]1CC[C@@H](CC)N1C=[N+]1[C@H](CC)CC[C@H]1CC.F[B-](F)(F)F. The van der Waals surface area contributed by atoms with Crippen LogP contribution in [0.25, 0.3) is 0 Å². The van der Waals surface area contributed by atoms with E-state index in [0.717, 1.165) is 24.2 Å². The van der Waals surface area contributed by atoms with Gasteiger partial charge in [0, 0.05) is 0 Å². The third kappa shape index (κ3) is 6.28. The van der Waals surface area contributed by atoms with E-state index in [4.69, 9.17) is 0 Å². The summed E-state index contributed by atoms with van der Waals surface area (Å²) in [6.07, 6.45) is 13.3. The molecule has 0 aromatic heterocycles. The molecule has 0 N–H and O–H groups in total. The van der Waals surface area contributed by atoms with Gasteiger partial charge in [0.2, 0.25) is 6.34 Å². The molecule has 0 radical (unpaired) electrons. The average Bonchev–Trinajstić information content (AvgIpc) is 3.09. The zero-order valence-corrected chi connectivity index (χ0v) is 15.5. The highest BCUT2D eigenvalue weighted by molar-refractivity contribution is 6.50. The molecule has 0 saturated carbocycles. The minimum atomic E-state index is -6.00. The van der Waals surface area contributed by atoms with Crippen LogP contribution >= 0.6 is 0 Å². The molecule has 2 rings (SSSR count). The Kier molecular flexibility index (Phi) is 8.58. The Labute approximate surface area is 144 Å². The van der Waals surface area contributed by atoms with E-state index in [2.05, 4.69) is 43.5 Å². The fourth-order valence-corrected chi connectivity index (χ4v) is 4.15. The summed E-state index contributed by atoms with van der Waals surface area (Å²) in [7, 11) is -6.00. The van der Waals surface area contributed by atoms with Gasteiger partial charge < -0.3 is 17.3 Å². The molecule has 4 atom stereocenters. The summed E-state index contributed by atoms with van der Waals surface area (Å²) in [5.74, 6) is 0. The molecule has 0 aromatic rings. The van der Waals surface area contributed by atoms with Gasteiger partial charge in [0.1, 0.15) is 0 Å². The van der Waals surface area contributed by atoms with Crippen molar-refractivity contribution in [3.63, 3.8) is 0 Å². The number of hydrogen-bond acceptors (Lipinski definition) is 0. The fraction of sp³-hybridized carbons (Fsp3) is 0.941. The van der Waals surface area contributed by atoms with E-state index in [1.807, 2.05) is 0 Å². The third-order valence-corrected chi connectivity index (χ3v) is 5.50. The highest BCUT2D eigenvalue weighted by Crippen LogP contribution is 2.29. The molecule has 2 nitrogen and oxygen atoms in total. The summed E-state index contributed by atoms with van der Waals surface area (Å²) >= 11 is 0. The zero-order valence-electron chi connectivity index (χ0n) is 15.5. The predicted molar refractivity (Wildman–Crippen MR) is 93.1 cm³/mol. The molecule has 24 heavy (non-hydrogen) atoms. The molecule has 0 spiro atoms. The van der Waals surface area contributed by atoms with Crippen LogP contribution in [-0.2, 0) is 0 Å². The summed E-state index contributed by atoms with van der Waals surface area (Å²) in [6.45, 7) is 9.40. The first kappa shape index (κ1) is 21.3. The Hall–Kier alpha value is -0.745. The van der Waals surface area contributed by atoms with Crippen molar-refractivity contribution in [1.82, 2.24) is 4.90 Å². The van der Waals surface area contributed by atoms with Crippen molar-refractivity contribution in [2.45, 2.75) is 103 Å². The maximum absolute atomic E-state index is 9.75. The Bertz CT molecular complexity index is 369. The molecule has 2 heterocycles. The Balaban J connectivity index is 0.000000505. The Morgan fingerprint density at radius 1 is 0.792 bits per heavy atom. The number of rotatable bonds is 5. The summed E-state index contributed by atoms with van der Waals surface area (Å²) in [6, 6.07) is 3.17. The first-order valence-electron chi connectivity index (χ1n) is 9.52. The smallest absolute Gasteiger partial charge is 0.418 e. The molecule has 2 fully saturated rings. The van der Waals surface area contributed by atoms with E-state index in [1.165, 1.54) is 51.4 Å². The van der Waals surface area contributed by atoms with Crippen molar-refractivity contribution in [3.8, 4) is 0 Å². The topological polar surface area (TPSA) is 6.25 Å². The van der Waals surface area contributed by atoms with Crippen LogP contribution in [0, 0.1) is 0 Å². The highest BCUT2D eigenvalue weighted by atomic mass is 19.5. The molecular formula is C17H33BF4N2. The molecule has 2 aliphatic rings. The molecule has 0 amide bonds. The van der Waals surface area contributed by atoms with Gasteiger partial charge in [-0.2, -0.15) is 0 Å². The van der Waals surface area contributed by atoms with E-state index >= 15 is 0 Å². The fourth-order valence-electron chi connectivity index (χ4n) is 4.15. The number of nitrogens with zero attached hydrogens (tertiary/aromatic N) is 2. The van der Waals surface area contributed by atoms with Crippen LogP contribution in [0.4, 0.5) is 17.3 Å². The van der Waals surface area contributed by atoms with Crippen LogP contribution in [0.15, 0.2) is 0 Å². The predicted octanol–water partition coefficient (Wildman–Crippen LogP) is 5.33. The van der Waals surface area contributed by atoms with Crippen molar-refractivity contribution >= 4 is 13.6 Å². The number of likely N-dealkylation sites (tertiary alicyclic amines) is 1. The molecule has 0 bridgehead atoms. The van der Waals surface area contributed by atoms with E-state index in [1.54, 1.807) is 0 Å². The first-order valence-corrected chi connectivity index (χ1v) is 9.52. The molecule has 0 unspecified atom stereocenters. The third-order valence-electron chi connectivity index (χ3n) is 5.50. The van der Waals surface area contributed by atoms with Gasteiger partial charge in [-0.25, -0.2) is 0 Å². The normalized spacial score (nSPS) is 30.3. The molecule has 142 valence electrons. The molecule has 0 aliphatic carbocycles. The summed E-state index contributed by atoms with van der Waals surface area (Å²) in [4.78, 5) is 2.72.